The normalized spacial score (nSPS) is 33.6. The predicted octanol–water partition coefficient (Wildman–Crippen LogP) is 1.30. The lowest BCUT2D eigenvalue weighted by Gasteiger charge is -2.27. The number of fused-ring (bicyclic) bond motifs is 2. The molecular weight excluding hydrogens is 194 g/mol. The van der Waals surface area contributed by atoms with Gasteiger partial charge < -0.3 is 9.84 Å². The van der Waals surface area contributed by atoms with Crippen molar-refractivity contribution in [2.45, 2.75) is 51.0 Å². The third kappa shape index (κ3) is 1.86. The highest BCUT2D eigenvalue weighted by Crippen LogP contribution is 2.33. The molecule has 84 valence electrons. The highest BCUT2D eigenvalue weighted by molar-refractivity contribution is 5.71. The van der Waals surface area contributed by atoms with Crippen LogP contribution < -0.4 is 0 Å². The minimum Gasteiger partial charge on any atom is -0.444 e. The number of nitrogens with zero attached hydrogens (tertiary/aromatic N) is 1. The molecule has 15 heavy (non-hydrogen) atoms. The van der Waals surface area contributed by atoms with Crippen LogP contribution in [-0.4, -0.2) is 39.9 Å². The standard InChI is InChI=1S/C11H17NO3/c1-11(2,3)15-10(14)12-7-4-5-8(12)9(13)6-7/h4-5,7-9,13H,6H2,1-3H3/t7?,8?,9-/m0/s1. The molecule has 0 aliphatic carbocycles. The van der Waals surface area contributed by atoms with E-state index in [-0.39, 0.29) is 18.2 Å². The number of aliphatic hydroxyl groups is 1. The number of ether oxygens (including phenoxy) is 1. The Hall–Kier alpha value is -1.03. The van der Waals surface area contributed by atoms with Crippen molar-refractivity contribution in [1.82, 2.24) is 4.90 Å². The molecule has 1 fully saturated rings. The van der Waals surface area contributed by atoms with Crippen molar-refractivity contribution in [3.8, 4) is 0 Å². The maximum Gasteiger partial charge on any atom is 0.411 e. The number of carbonyl (C=O) groups excluding carboxylic acids is 1. The fourth-order valence-corrected chi connectivity index (χ4v) is 2.11. The van der Waals surface area contributed by atoms with Crippen LogP contribution in [0, 0.1) is 0 Å². The Labute approximate surface area is 89.5 Å². The second kappa shape index (κ2) is 3.23. The fraction of sp³-hybridized carbons (Fsp3) is 0.727. The predicted molar refractivity (Wildman–Crippen MR) is 55.4 cm³/mol. The van der Waals surface area contributed by atoms with Gasteiger partial charge in [-0.3, -0.25) is 4.90 Å². The topological polar surface area (TPSA) is 49.8 Å². The molecule has 1 saturated heterocycles. The van der Waals surface area contributed by atoms with Gasteiger partial charge in [-0.2, -0.15) is 0 Å². The number of hydrogen-bond donors (Lipinski definition) is 1. The van der Waals surface area contributed by atoms with E-state index in [1.807, 2.05) is 32.9 Å². The number of rotatable bonds is 0. The summed E-state index contributed by atoms with van der Waals surface area (Å²) >= 11 is 0. The summed E-state index contributed by atoms with van der Waals surface area (Å²) in [7, 11) is 0. The van der Waals surface area contributed by atoms with Crippen molar-refractivity contribution in [2.24, 2.45) is 0 Å². The van der Waals surface area contributed by atoms with E-state index < -0.39 is 11.7 Å². The Bertz CT molecular complexity index is 305. The van der Waals surface area contributed by atoms with E-state index >= 15 is 0 Å². The molecule has 1 amide bonds. The van der Waals surface area contributed by atoms with Crippen LogP contribution in [0.1, 0.15) is 27.2 Å². The molecule has 1 N–H and O–H groups in total. The minimum atomic E-state index is -0.482. The van der Waals surface area contributed by atoms with Gasteiger partial charge in [0.2, 0.25) is 0 Å². The van der Waals surface area contributed by atoms with Gasteiger partial charge in [0.05, 0.1) is 18.2 Å². The van der Waals surface area contributed by atoms with Gasteiger partial charge in [0.15, 0.2) is 0 Å². The van der Waals surface area contributed by atoms with Crippen LogP contribution in [0.25, 0.3) is 0 Å². The summed E-state index contributed by atoms with van der Waals surface area (Å²) in [4.78, 5) is 13.4. The molecule has 0 aromatic carbocycles. The second-order valence-corrected chi connectivity index (χ2v) is 5.13. The van der Waals surface area contributed by atoms with Gasteiger partial charge in [-0.05, 0) is 27.2 Å². The van der Waals surface area contributed by atoms with Gasteiger partial charge in [0.1, 0.15) is 5.60 Å². The first-order chi connectivity index (χ1) is 6.88. The van der Waals surface area contributed by atoms with E-state index in [4.69, 9.17) is 4.74 Å². The molecule has 4 nitrogen and oxygen atoms in total. The molecule has 0 radical (unpaired) electrons. The summed E-state index contributed by atoms with van der Waals surface area (Å²) in [5.41, 5.74) is -0.482. The summed E-state index contributed by atoms with van der Waals surface area (Å²) in [6.45, 7) is 5.52. The zero-order valence-electron chi connectivity index (χ0n) is 9.30. The monoisotopic (exact) mass is 211 g/mol. The zero-order chi connectivity index (χ0) is 11.2. The summed E-state index contributed by atoms with van der Waals surface area (Å²) in [6, 6.07) is -0.176. The Morgan fingerprint density at radius 1 is 1.47 bits per heavy atom. The minimum absolute atomic E-state index is 0.0137. The number of hydrogen-bond acceptors (Lipinski definition) is 3. The molecule has 0 spiro atoms. The van der Waals surface area contributed by atoms with Gasteiger partial charge in [-0.15, -0.1) is 0 Å². The van der Waals surface area contributed by atoms with Crippen LogP contribution in [0.15, 0.2) is 12.2 Å². The van der Waals surface area contributed by atoms with Gasteiger partial charge >= 0.3 is 6.09 Å². The van der Waals surface area contributed by atoms with Crippen molar-refractivity contribution in [2.75, 3.05) is 0 Å². The van der Waals surface area contributed by atoms with Gasteiger partial charge in [0, 0.05) is 0 Å². The Morgan fingerprint density at radius 3 is 2.53 bits per heavy atom. The second-order valence-electron chi connectivity index (χ2n) is 5.13. The maximum atomic E-state index is 11.8. The molecule has 2 aliphatic heterocycles. The van der Waals surface area contributed by atoms with Gasteiger partial charge in [-0.25, -0.2) is 4.79 Å². The first-order valence-corrected chi connectivity index (χ1v) is 5.26. The van der Waals surface area contributed by atoms with Gasteiger partial charge in [-0.1, -0.05) is 12.2 Å². The summed E-state index contributed by atoms with van der Waals surface area (Å²) in [6.07, 6.45) is 3.69. The summed E-state index contributed by atoms with van der Waals surface area (Å²) < 4.78 is 5.29. The largest absolute Gasteiger partial charge is 0.444 e. The molecule has 2 heterocycles. The average Bonchev–Trinajstić information content (AvgIpc) is 2.55. The van der Waals surface area contributed by atoms with Crippen molar-refractivity contribution >= 4 is 6.09 Å². The molecule has 2 unspecified atom stereocenters. The van der Waals surface area contributed by atoms with Crippen molar-refractivity contribution in [3.05, 3.63) is 12.2 Å². The van der Waals surface area contributed by atoms with Crippen LogP contribution in [0.4, 0.5) is 4.79 Å². The van der Waals surface area contributed by atoms with Crippen LogP contribution in [-0.2, 0) is 4.74 Å². The molecular formula is C11H17NO3. The zero-order valence-corrected chi connectivity index (χ0v) is 9.30. The van der Waals surface area contributed by atoms with E-state index in [0.29, 0.717) is 6.42 Å². The van der Waals surface area contributed by atoms with Crippen molar-refractivity contribution in [1.29, 1.82) is 0 Å². The number of aliphatic hydroxyl groups excluding tert-OH is 1. The van der Waals surface area contributed by atoms with Crippen molar-refractivity contribution < 1.29 is 14.6 Å². The van der Waals surface area contributed by atoms with Crippen LogP contribution in [0.5, 0.6) is 0 Å². The van der Waals surface area contributed by atoms with E-state index in [1.54, 1.807) is 4.90 Å². The Morgan fingerprint density at radius 2 is 2.13 bits per heavy atom. The van der Waals surface area contributed by atoms with Crippen LogP contribution >= 0.6 is 0 Å². The molecule has 0 aromatic rings. The van der Waals surface area contributed by atoms with Crippen LogP contribution in [0.3, 0.4) is 0 Å². The summed E-state index contributed by atoms with van der Waals surface area (Å²) in [5.74, 6) is 0. The van der Waals surface area contributed by atoms with E-state index in [9.17, 15) is 9.90 Å². The maximum absolute atomic E-state index is 11.8. The molecule has 0 saturated carbocycles. The molecule has 0 aromatic heterocycles. The molecule has 3 atom stereocenters. The first kappa shape index (κ1) is 10.5. The third-order valence-electron chi connectivity index (χ3n) is 2.69. The van der Waals surface area contributed by atoms with Crippen molar-refractivity contribution in [3.63, 3.8) is 0 Å². The van der Waals surface area contributed by atoms with E-state index in [1.165, 1.54) is 0 Å². The smallest absolute Gasteiger partial charge is 0.411 e. The SMILES string of the molecule is CC(C)(C)OC(=O)N1C2C=CC1[C@@H](O)C2. The lowest BCUT2D eigenvalue weighted by atomic mass is 10.1. The molecule has 2 rings (SSSR count). The number of amides is 1. The molecule has 2 aliphatic rings. The molecule has 4 heteroatoms. The highest BCUT2D eigenvalue weighted by atomic mass is 16.6. The lowest BCUT2D eigenvalue weighted by Crippen LogP contribution is -2.41. The summed E-state index contributed by atoms with van der Waals surface area (Å²) in [5, 5.41) is 9.64. The quantitative estimate of drug-likeness (QED) is 0.614. The Balaban J connectivity index is 2.05. The fourth-order valence-electron chi connectivity index (χ4n) is 2.11. The molecule has 2 bridgehead atoms. The lowest BCUT2D eigenvalue weighted by molar-refractivity contribution is 0.0193. The van der Waals surface area contributed by atoms with E-state index in [0.717, 1.165) is 0 Å². The van der Waals surface area contributed by atoms with Crippen LogP contribution in [0.2, 0.25) is 0 Å². The van der Waals surface area contributed by atoms with E-state index in [2.05, 4.69) is 0 Å². The highest BCUT2D eigenvalue weighted by Gasteiger charge is 2.46. The average molecular weight is 211 g/mol. The third-order valence-corrected chi connectivity index (χ3v) is 2.69. The first-order valence-electron chi connectivity index (χ1n) is 5.26. The number of carbonyl (C=O) groups is 1. The Kier molecular flexibility index (Phi) is 2.26. The van der Waals surface area contributed by atoms with Gasteiger partial charge in [0.25, 0.3) is 0 Å².